The van der Waals surface area contributed by atoms with Gasteiger partial charge in [-0.25, -0.2) is 4.79 Å². The second kappa shape index (κ2) is 9.53. The molecule has 0 aromatic carbocycles. The molecule has 7 nitrogen and oxygen atoms in total. The molecular formula is C20H36N2O5. The molecule has 7 heteroatoms. The second-order valence-electron chi connectivity index (χ2n) is 9.27. The van der Waals surface area contributed by atoms with E-state index in [1.807, 2.05) is 20.8 Å². The lowest BCUT2D eigenvalue weighted by atomic mass is 10.0. The Balaban J connectivity index is 2.39. The Hall–Kier alpha value is -1.63. The van der Waals surface area contributed by atoms with Crippen LogP contribution < -0.4 is 10.6 Å². The first-order chi connectivity index (χ1) is 12.3. The Kier molecular flexibility index (Phi) is 8.26. The monoisotopic (exact) mass is 384 g/mol. The number of ether oxygens (including phenoxy) is 2. The smallest absolute Gasteiger partial charge is 0.408 e. The van der Waals surface area contributed by atoms with E-state index in [0.29, 0.717) is 6.42 Å². The van der Waals surface area contributed by atoms with Crippen molar-refractivity contribution in [1.82, 2.24) is 10.6 Å². The molecule has 1 aliphatic heterocycles. The molecule has 1 heterocycles. The van der Waals surface area contributed by atoms with Gasteiger partial charge in [0, 0.05) is 6.04 Å². The molecule has 1 fully saturated rings. The summed E-state index contributed by atoms with van der Waals surface area (Å²) >= 11 is 0. The maximum absolute atomic E-state index is 12.1. The molecule has 0 spiro atoms. The normalized spacial score (nSPS) is 21.4. The van der Waals surface area contributed by atoms with Crippen LogP contribution in [0, 0.1) is 0 Å². The topological polar surface area (TPSA) is 93.7 Å². The summed E-state index contributed by atoms with van der Waals surface area (Å²) < 4.78 is 10.6. The van der Waals surface area contributed by atoms with Crippen molar-refractivity contribution in [2.45, 2.75) is 110 Å². The summed E-state index contributed by atoms with van der Waals surface area (Å²) in [5.74, 6) is -0.301. The number of hydrogen-bond acceptors (Lipinski definition) is 6. The van der Waals surface area contributed by atoms with Crippen molar-refractivity contribution in [3.8, 4) is 0 Å². The lowest BCUT2D eigenvalue weighted by molar-refractivity contribution is -0.157. The molecule has 1 rings (SSSR count). The van der Waals surface area contributed by atoms with Crippen molar-refractivity contribution in [3.63, 3.8) is 0 Å². The largest absolute Gasteiger partial charge is 0.459 e. The van der Waals surface area contributed by atoms with Gasteiger partial charge in [0.25, 0.3) is 0 Å². The van der Waals surface area contributed by atoms with Gasteiger partial charge in [0.2, 0.25) is 0 Å². The molecule has 0 saturated carbocycles. The molecule has 27 heavy (non-hydrogen) atoms. The Morgan fingerprint density at radius 2 is 1.63 bits per heavy atom. The van der Waals surface area contributed by atoms with Crippen LogP contribution in [-0.2, 0) is 19.1 Å². The van der Waals surface area contributed by atoms with E-state index in [1.165, 1.54) is 6.92 Å². The summed E-state index contributed by atoms with van der Waals surface area (Å²) in [7, 11) is 0. The summed E-state index contributed by atoms with van der Waals surface area (Å²) in [5, 5.41) is 5.96. The van der Waals surface area contributed by atoms with Gasteiger partial charge >= 0.3 is 12.1 Å². The summed E-state index contributed by atoms with van der Waals surface area (Å²) in [6.45, 7) is 12.4. The first-order valence-electron chi connectivity index (χ1n) is 9.76. The van der Waals surface area contributed by atoms with Crippen LogP contribution in [0.1, 0.15) is 80.6 Å². The number of amides is 1. The van der Waals surface area contributed by atoms with E-state index in [-0.39, 0.29) is 23.8 Å². The molecule has 0 radical (unpaired) electrons. The van der Waals surface area contributed by atoms with Gasteiger partial charge in [-0.1, -0.05) is 0 Å². The fourth-order valence-corrected chi connectivity index (χ4v) is 3.00. The van der Waals surface area contributed by atoms with Crippen LogP contribution in [-0.4, -0.2) is 47.2 Å². The van der Waals surface area contributed by atoms with Crippen LogP contribution in [0.15, 0.2) is 0 Å². The van der Waals surface area contributed by atoms with E-state index < -0.39 is 23.3 Å². The molecule has 0 aromatic rings. The van der Waals surface area contributed by atoms with Gasteiger partial charge in [0.15, 0.2) is 5.78 Å². The number of ketones is 1. The summed E-state index contributed by atoms with van der Waals surface area (Å²) in [6.07, 6.45) is 3.22. The highest BCUT2D eigenvalue weighted by Crippen LogP contribution is 2.20. The molecule has 1 saturated heterocycles. The highest BCUT2D eigenvalue weighted by molar-refractivity contribution is 5.85. The van der Waals surface area contributed by atoms with E-state index in [9.17, 15) is 14.4 Å². The summed E-state index contributed by atoms with van der Waals surface area (Å²) in [6, 6.07) is -0.600. The molecule has 3 atom stereocenters. The van der Waals surface area contributed by atoms with Crippen LogP contribution in [0.3, 0.4) is 0 Å². The van der Waals surface area contributed by atoms with Gasteiger partial charge in [-0.3, -0.25) is 9.59 Å². The molecule has 1 aliphatic rings. The number of nitrogens with one attached hydrogen (secondary N) is 2. The van der Waals surface area contributed by atoms with Gasteiger partial charge in [-0.05, 0) is 80.6 Å². The Labute approximate surface area is 162 Å². The van der Waals surface area contributed by atoms with Gasteiger partial charge in [-0.2, -0.15) is 0 Å². The Morgan fingerprint density at radius 3 is 2.15 bits per heavy atom. The van der Waals surface area contributed by atoms with Crippen LogP contribution >= 0.6 is 0 Å². The molecule has 0 aromatic heterocycles. The zero-order chi connectivity index (χ0) is 20.8. The van der Waals surface area contributed by atoms with Gasteiger partial charge < -0.3 is 20.1 Å². The predicted molar refractivity (Wildman–Crippen MR) is 103 cm³/mol. The van der Waals surface area contributed by atoms with Crippen LogP contribution in [0.25, 0.3) is 0 Å². The number of Topliss-reactive ketones (excluding diaryl/α,β-unsaturated/α-hetero) is 1. The van der Waals surface area contributed by atoms with Crippen LogP contribution in [0.5, 0.6) is 0 Å². The van der Waals surface area contributed by atoms with E-state index in [4.69, 9.17) is 9.47 Å². The van der Waals surface area contributed by atoms with Crippen molar-refractivity contribution in [2.75, 3.05) is 0 Å². The zero-order valence-electron chi connectivity index (χ0n) is 17.8. The third-order valence-electron chi connectivity index (χ3n) is 4.16. The molecule has 0 bridgehead atoms. The number of rotatable bonds is 7. The average Bonchev–Trinajstić information content (AvgIpc) is 2.91. The fourth-order valence-electron chi connectivity index (χ4n) is 3.00. The lowest BCUT2D eigenvalue weighted by Gasteiger charge is -2.23. The van der Waals surface area contributed by atoms with Crippen molar-refractivity contribution < 1.29 is 23.9 Å². The molecule has 1 amide bonds. The number of esters is 1. The molecule has 1 unspecified atom stereocenters. The van der Waals surface area contributed by atoms with E-state index >= 15 is 0 Å². The van der Waals surface area contributed by atoms with E-state index in [2.05, 4.69) is 10.6 Å². The molecule has 0 aliphatic carbocycles. The van der Waals surface area contributed by atoms with Gasteiger partial charge in [0.1, 0.15) is 17.2 Å². The minimum absolute atomic E-state index is 0.0909. The first-order valence-corrected chi connectivity index (χ1v) is 9.76. The lowest BCUT2D eigenvalue weighted by Crippen LogP contribution is -2.43. The van der Waals surface area contributed by atoms with Crippen molar-refractivity contribution >= 4 is 17.8 Å². The Morgan fingerprint density at radius 1 is 1.04 bits per heavy atom. The summed E-state index contributed by atoms with van der Waals surface area (Å²) in [5.41, 5.74) is -1.09. The first kappa shape index (κ1) is 23.4. The van der Waals surface area contributed by atoms with Crippen molar-refractivity contribution in [1.29, 1.82) is 0 Å². The van der Waals surface area contributed by atoms with E-state index in [0.717, 1.165) is 25.7 Å². The van der Waals surface area contributed by atoms with Gasteiger partial charge in [0.05, 0.1) is 6.04 Å². The minimum atomic E-state index is -0.601. The highest BCUT2D eigenvalue weighted by atomic mass is 16.6. The quantitative estimate of drug-likeness (QED) is 0.655. The second-order valence-corrected chi connectivity index (χ2v) is 9.27. The Bertz CT molecular complexity index is 533. The fraction of sp³-hybridized carbons (Fsp3) is 0.850. The highest BCUT2D eigenvalue weighted by Gasteiger charge is 2.32. The maximum atomic E-state index is 12.1. The number of alkyl carbamates (subject to hydrolysis) is 1. The third-order valence-corrected chi connectivity index (χ3v) is 4.16. The SMILES string of the molecule is CC(=O)C(CCC[C@H]1CC[C@@H](C(=O)OC(C)(C)C)N1)NC(=O)OC(C)(C)C. The predicted octanol–water partition coefficient (Wildman–Crippen LogP) is 3.10. The average molecular weight is 385 g/mol. The van der Waals surface area contributed by atoms with E-state index in [1.54, 1.807) is 20.8 Å². The standard InChI is InChI=1S/C20H36N2O5/c1-13(23)15(22-18(25)27-20(5,6)7)10-8-9-14-11-12-16(21-14)17(24)26-19(2,3)4/h14-16,21H,8-12H2,1-7H3,(H,22,25)/t14-,15?,16-/m0/s1. The van der Waals surface area contributed by atoms with Crippen molar-refractivity contribution in [3.05, 3.63) is 0 Å². The molecule has 2 N–H and O–H groups in total. The maximum Gasteiger partial charge on any atom is 0.408 e. The van der Waals surface area contributed by atoms with Gasteiger partial charge in [-0.15, -0.1) is 0 Å². The van der Waals surface area contributed by atoms with Crippen molar-refractivity contribution in [2.24, 2.45) is 0 Å². The number of carbonyl (C=O) groups is 3. The van der Waals surface area contributed by atoms with Crippen LogP contribution in [0.2, 0.25) is 0 Å². The van der Waals surface area contributed by atoms with Crippen LogP contribution in [0.4, 0.5) is 4.79 Å². The summed E-state index contributed by atoms with van der Waals surface area (Å²) in [4.78, 5) is 35.8. The third kappa shape index (κ3) is 9.75. The minimum Gasteiger partial charge on any atom is -0.459 e. The number of hydrogen-bond donors (Lipinski definition) is 2. The number of carbonyl (C=O) groups excluding carboxylic acids is 3. The molecular weight excluding hydrogens is 348 g/mol. The molecule has 156 valence electrons. The zero-order valence-corrected chi connectivity index (χ0v) is 17.8.